The maximum Gasteiger partial charge on any atom is 0.315 e. The van der Waals surface area contributed by atoms with Gasteiger partial charge in [0.15, 0.2) is 0 Å². The van der Waals surface area contributed by atoms with Crippen molar-refractivity contribution in [2.45, 2.75) is 45.7 Å². The van der Waals surface area contributed by atoms with Crippen molar-refractivity contribution in [1.29, 1.82) is 0 Å². The minimum absolute atomic E-state index is 0.00229. The maximum atomic E-state index is 12.1. The van der Waals surface area contributed by atoms with Gasteiger partial charge in [0.2, 0.25) is 0 Å². The highest BCUT2D eigenvalue weighted by atomic mass is 16.2. The number of hydrogen-bond donors (Lipinski definition) is 2. The molecule has 3 heteroatoms. The van der Waals surface area contributed by atoms with Crippen LogP contribution in [0.1, 0.15) is 43.0 Å². The summed E-state index contributed by atoms with van der Waals surface area (Å²) >= 11 is 0. The Morgan fingerprint density at radius 3 is 2.30 bits per heavy atom. The minimum atomic E-state index is -0.110. The number of amides is 2. The fraction of sp³-hybridized carbons (Fsp3) is 0.350. The summed E-state index contributed by atoms with van der Waals surface area (Å²) in [6, 6.07) is 18.5. The number of aryl methyl sites for hydroxylation is 2. The molecule has 0 aliphatic rings. The monoisotopic (exact) mass is 310 g/mol. The molecule has 2 N–H and O–H groups in total. The highest BCUT2D eigenvalue weighted by Crippen LogP contribution is 2.16. The quantitative estimate of drug-likeness (QED) is 0.817. The Labute approximate surface area is 139 Å². The van der Waals surface area contributed by atoms with E-state index in [2.05, 4.69) is 41.8 Å². The molecule has 0 spiro atoms. The lowest BCUT2D eigenvalue weighted by atomic mass is 10.0. The molecule has 2 unspecified atom stereocenters. The molecule has 0 fully saturated rings. The summed E-state index contributed by atoms with van der Waals surface area (Å²) in [5.74, 6) is 0. The second-order valence-electron chi connectivity index (χ2n) is 6.12. The number of nitrogens with one attached hydrogen (secondary N) is 2. The van der Waals surface area contributed by atoms with Gasteiger partial charge in [-0.1, -0.05) is 54.6 Å². The Bertz CT molecular complexity index is 625. The van der Waals surface area contributed by atoms with E-state index in [9.17, 15) is 4.79 Å². The van der Waals surface area contributed by atoms with Gasteiger partial charge in [0, 0.05) is 6.04 Å². The van der Waals surface area contributed by atoms with E-state index in [-0.39, 0.29) is 18.1 Å². The Morgan fingerprint density at radius 2 is 1.61 bits per heavy atom. The van der Waals surface area contributed by atoms with Crippen molar-refractivity contribution < 1.29 is 4.79 Å². The summed E-state index contributed by atoms with van der Waals surface area (Å²) < 4.78 is 0. The van der Waals surface area contributed by atoms with Crippen molar-refractivity contribution in [3.05, 3.63) is 71.3 Å². The van der Waals surface area contributed by atoms with Crippen LogP contribution >= 0.6 is 0 Å². The molecule has 2 amide bonds. The molecule has 122 valence electrons. The van der Waals surface area contributed by atoms with E-state index >= 15 is 0 Å². The van der Waals surface area contributed by atoms with Gasteiger partial charge in [-0.3, -0.25) is 0 Å². The number of hydrogen-bond acceptors (Lipinski definition) is 1. The van der Waals surface area contributed by atoms with Gasteiger partial charge in [0.1, 0.15) is 0 Å². The molecule has 3 nitrogen and oxygen atoms in total. The molecule has 23 heavy (non-hydrogen) atoms. The summed E-state index contributed by atoms with van der Waals surface area (Å²) in [5.41, 5.74) is 3.65. The molecule has 0 saturated heterocycles. The van der Waals surface area contributed by atoms with Crippen LogP contribution in [0.15, 0.2) is 54.6 Å². The van der Waals surface area contributed by atoms with Crippen molar-refractivity contribution in [2.24, 2.45) is 0 Å². The molecular formula is C20H26N2O. The average molecular weight is 310 g/mol. The van der Waals surface area contributed by atoms with Crippen molar-refractivity contribution in [2.75, 3.05) is 0 Å². The first-order valence-electron chi connectivity index (χ1n) is 8.22. The molecule has 0 saturated carbocycles. The first-order valence-corrected chi connectivity index (χ1v) is 8.22. The normalized spacial score (nSPS) is 13.2. The molecule has 0 aromatic heterocycles. The third-order valence-corrected chi connectivity index (χ3v) is 4.09. The molecular weight excluding hydrogens is 284 g/mol. The van der Waals surface area contributed by atoms with Crippen LogP contribution in [0.25, 0.3) is 0 Å². The van der Waals surface area contributed by atoms with Crippen LogP contribution in [0.4, 0.5) is 4.79 Å². The second-order valence-corrected chi connectivity index (χ2v) is 6.12. The van der Waals surface area contributed by atoms with Crippen LogP contribution in [0, 0.1) is 6.92 Å². The van der Waals surface area contributed by atoms with Gasteiger partial charge >= 0.3 is 6.03 Å². The third-order valence-electron chi connectivity index (χ3n) is 4.09. The summed E-state index contributed by atoms with van der Waals surface area (Å²) in [6.07, 6.45) is 1.89. The molecule has 0 heterocycles. The van der Waals surface area contributed by atoms with Crippen LogP contribution in [-0.2, 0) is 6.42 Å². The van der Waals surface area contributed by atoms with Crippen LogP contribution in [0.2, 0.25) is 0 Å². The summed E-state index contributed by atoms with van der Waals surface area (Å²) in [4.78, 5) is 12.1. The Hall–Kier alpha value is -2.29. The molecule has 0 bridgehead atoms. The van der Waals surface area contributed by atoms with Crippen molar-refractivity contribution in [1.82, 2.24) is 10.6 Å². The SMILES string of the molecule is Cc1ccccc1C(C)NC(=O)NC(C)CCc1ccccc1. The van der Waals surface area contributed by atoms with Gasteiger partial charge in [-0.15, -0.1) is 0 Å². The zero-order chi connectivity index (χ0) is 16.7. The fourth-order valence-corrected chi connectivity index (χ4v) is 2.71. The Morgan fingerprint density at radius 1 is 0.957 bits per heavy atom. The van der Waals surface area contributed by atoms with Gasteiger partial charge in [-0.25, -0.2) is 4.79 Å². The number of urea groups is 1. The van der Waals surface area contributed by atoms with E-state index in [1.165, 1.54) is 11.1 Å². The van der Waals surface area contributed by atoms with E-state index in [0.29, 0.717) is 0 Å². The standard InChI is InChI=1S/C20H26N2O/c1-15-9-7-8-12-19(15)17(3)22-20(23)21-16(2)13-14-18-10-5-4-6-11-18/h4-12,16-17H,13-14H2,1-3H3,(H2,21,22,23). The van der Waals surface area contributed by atoms with Crippen LogP contribution in [0.5, 0.6) is 0 Å². The van der Waals surface area contributed by atoms with E-state index in [1.54, 1.807) is 0 Å². The van der Waals surface area contributed by atoms with Gasteiger partial charge in [0.05, 0.1) is 6.04 Å². The lowest BCUT2D eigenvalue weighted by molar-refractivity contribution is 0.234. The molecule has 2 atom stereocenters. The summed E-state index contributed by atoms with van der Waals surface area (Å²) in [7, 11) is 0. The van der Waals surface area contributed by atoms with Crippen molar-refractivity contribution in [3.63, 3.8) is 0 Å². The zero-order valence-electron chi connectivity index (χ0n) is 14.2. The topological polar surface area (TPSA) is 41.1 Å². The first-order chi connectivity index (χ1) is 11.1. The van der Waals surface area contributed by atoms with E-state index < -0.39 is 0 Å². The highest BCUT2D eigenvalue weighted by molar-refractivity contribution is 5.74. The number of rotatable bonds is 6. The van der Waals surface area contributed by atoms with E-state index in [4.69, 9.17) is 0 Å². The largest absolute Gasteiger partial charge is 0.336 e. The molecule has 0 aliphatic heterocycles. The summed E-state index contributed by atoms with van der Waals surface area (Å²) in [5, 5.41) is 6.04. The van der Waals surface area contributed by atoms with Gasteiger partial charge < -0.3 is 10.6 Å². The van der Waals surface area contributed by atoms with Crippen molar-refractivity contribution >= 4 is 6.03 Å². The van der Waals surface area contributed by atoms with Crippen LogP contribution in [-0.4, -0.2) is 12.1 Å². The van der Waals surface area contributed by atoms with Crippen molar-refractivity contribution in [3.8, 4) is 0 Å². The predicted molar refractivity (Wildman–Crippen MR) is 95.5 cm³/mol. The average Bonchev–Trinajstić information content (AvgIpc) is 2.54. The molecule has 2 rings (SSSR count). The van der Waals surface area contributed by atoms with Gasteiger partial charge in [0.25, 0.3) is 0 Å². The third kappa shape index (κ3) is 5.44. The molecule has 0 radical (unpaired) electrons. The molecule has 2 aromatic rings. The lowest BCUT2D eigenvalue weighted by Crippen LogP contribution is -2.42. The number of carbonyl (C=O) groups is 1. The number of benzene rings is 2. The first kappa shape index (κ1) is 17.1. The van der Waals surface area contributed by atoms with Crippen LogP contribution in [0.3, 0.4) is 0 Å². The predicted octanol–water partition coefficient (Wildman–Crippen LogP) is 4.38. The Balaban J connectivity index is 1.79. The highest BCUT2D eigenvalue weighted by Gasteiger charge is 2.13. The molecule has 0 aliphatic carbocycles. The molecule has 2 aromatic carbocycles. The number of carbonyl (C=O) groups excluding carboxylic acids is 1. The lowest BCUT2D eigenvalue weighted by Gasteiger charge is -2.19. The second kappa shape index (κ2) is 8.37. The van der Waals surface area contributed by atoms with Crippen LogP contribution < -0.4 is 10.6 Å². The van der Waals surface area contributed by atoms with Gasteiger partial charge in [-0.2, -0.15) is 0 Å². The van der Waals surface area contributed by atoms with Gasteiger partial charge in [-0.05, 0) is 50.3 Å². The Kier molecular flexibility index (Phi) is 6.21. The van der Waals surface area contributed by atoms with E-state index in [0.717, 1.165) is 18.4 Å². The van der Waals surface area contributed by atoms with E-state index in [1.807, 2.05) is 44.2 Å². The fourth-order valence-electron chi connectivity index (χ4n) is 2.71. The summed E-state index contributed by atoms with van der Waals surface area (Å²) in [6.45, 7) is 6.12. The smallest absolute Gasteiger partial charge is 0.315 e. The zero-order valence-corrected chi connectivity index (χ0v) is 14.2. The minimum Gasteiger partial charge on any atom is -0.336 e. The maximum absolute atomic E-state index is 12.1.